The number of nitrogens with one attached hydrogen (secondary N) is 3. The van der Waals surface area contributed by atoms with Crippen molar-refractivity contribution in [3.05, 3.63) is 30.5 Å². The molecule has 1 saturated carbocycles. The average Bonchev–Trinajstić information content (AvgIpc) is 3.00. The summed E-state index contributed by atoms with van der Waals surface area (Å²) in [6.45, 7) is 1.26. The van der Waals surface area contributed by atoms with Gasteiger partial charge in [0, 0.05) is 50.6 Å². The first kappa shape index (κ1) is 21.0. The predicted octanol–water partition coefficient (Wildman–Crippen LogP) is 3.25. The van der Waals surface area contributed by atoms with Gasteiger partial charge in [-0.2, -0.15) is 4.98 Å². The Morgan fingerprint density at radius 3 is 2.55 bits per heavy atom. The number of carbonyl (C=O) groups is 1. The van der Waals surface area contributed by atoms with Crippen LogP contribution in [0.5, 0.6) is 11.5 Å². The van der Waals surface area contributed by atoms with E-state index in [0.29, 0.717) is 36.6 Å². The van der Waals surface area contributed by atoms with E-state index in [-0.39, 0.29) is 12.1 Å². The van der Waals surface area contributed by atoms with Gasteiger partial charge in [0.25, 0.3) is 0 Å². The lowest BCUT2D eigenvalue weighted by Crippen LogP contribution is -2.42. The zero-order valence-electron chi connectivity index (χ0n) is 18.1. The fourth-order valence-corrected chi connectivity index (χ4v) is 3.83. The van der Waals surface area contributed by atoms with Crippen molar-refractivity contribution in [2.45, 2.75) is 44.2 Å². The molecule has 0 saturated heterocycles. The van der Waals surface area contributed by atoms with Gasteiger partial charge in [-0.1, -0.05) is 0 Å². The van der Waals surface area contributed by atoms with Crippen molar-refractivity contribution < 1.29 is 14.3 Å². The molecule has 2 heterocycles. The molecular formula is C22H30N6O3. The number of hydrogen-bond acceptors (Lipinski definition) is 7. The summed E-state index contributed by atoms with van der Waals surface area (Å²) in [5.41, 5.74) is 0.690. The van der Waals surface area contributed by atoms with Crippen LogP contribution in [0.15, 0.2) is 30.5 Å². The molecule has 2 aromatic rings. The first-order valence-electron chi connectivity index (χ1n) is 10.8. The van der Waals surface area contributed by atoms with E-state index in [9.17, 15) is 4.79 Å². The maximum atomic E-state index is 12.5. The van der Waals surface area contributed by atoms with E-state index < -0.39 is 0 Å². The Bertz CT molecular complexity index is 899. The zero-order chi connectivity index (χ0) is 21.6. The smallest absolute Gasteiger partial charge is 0.319 e. The normalized spacial score (nSPS) is 20.3. The number of amides is 2. The Hall–Kier alpha value is -3.23. The van der Waals surface area contributed by atoms with Gasteiger partial charge in [-0.25, -0.2) is 9.78 Å². The van der Waals surface area contributed by atoms with Crippen LogP contribution in [-0.2, 0) is 0 Å². The third-order valence-corrected chi connectivity index (χ3v) is 5.50. The summed E-state index contributed by atoms with van der Waals surface area (Å²) >= 11 is 0. The number of carbonyl (C=O) groups excluding carboxylic acids is 1. The first-order valence-corrected chi connectivity index (χ1v) is 10.8. The lowest BCUT2D eigenvalue weighted by molar-refractivity contribution is 0.243. The highest BCUT2D eigenvalue weighted by atomic mass is 16.5. The van der Waals surface area contributed by atoms with Gasteiger partial charge in [0.05, 0.1) is 13.2 Å². The van der Waals surface area contributed by atoms with Crippen molar-refractivity contribution in [3.8, 4) is 11.5 Å². The number of nitrogens with zero attached hydrogens (tertiary/aromatic N) is 3. The maximum absolute atomic E-state index is 12.5. The molecule has 31 heavy (non-hydrogen) atoms. The van der Waals surface area contributed by atoms with Crippen LogP contribution in [0, 0.1) is 0 Å². The molecule has 2 amide bonds. The van der Waals surface area contributed by atoms with E-state index in [0.717, 1.165) is 43.7 Å². The van der Waals surface area contributed by atoms with Gasteiger partial charge in [0.15, 0.2) is 11.5 Å². The summed E-state index contributed by atoms with van der Waals surface area (Å²) in [7, 11) is 3.92. The molecule has 1 aromatic carbocycles. The van der Waals surface area contributed by atoms with Crippen LogP contribution in [0.2, 0.25) is 0 Å². The minimum Gasteiger partial charge on any atom is -0.490 e. The van der Waals surface area contributed by atoms with E-state index in [1.807, 2.05) is 43.3 Å². The fourth-order valence-electron chi connectivity index (χ4n) is 3.83. The largest absolute Gasteiger partial charge is 0.490 e. The molecule has 0 bridgehead atoms. The monoisotopic (exact) mass is 426 g/mol. The maximum Gasteiger partial charge on any atom is 0.319 e. The van der Waals surface area contributed by atoms with Gasteiger partial charge in [-0.3, -0.25) is 0 Å². The number of urea groups is 1. The van der Waals surface area contributed by atoms with Gasteiger partial charge in [-0.15, -0.1) is 0 Å². The molecule has 0 atom stereocenters. The van der Waals surface area contributed by atoms with Gasteiger partial charge in [0.2, 0.25) is 5.95 Å². The van der Waals surface area contributed by atoms with Gasteiger partial charge in [-0.05, 0) is 43.9 Å². The molecule has 9 nitrogen and oxygen atoms in total. The summed E-state index contributed by atoms with van der Waals surface area (Å²) in [5.74, 6) is 2.91. The van der Waals surface area contributed by atoms with E-state index in [2.05, 4.69) is 25.9 Å². The van der Waals surface area contributed by atoms with Crippen molar-refractivity contribution in [2.24, 2.45) is 0 Å². The van der Waals surface area contributed by atoms with E-state index >= 15 is 0 Å². The van der Waals surface area contributed by atoms with Crippen LogP contribution < -0.4 is 30.3 Å². The van der Waals surface area contributed by atoms with Crippen molar-refractivity contribution in [1.29, 1.82) is 0 Å². The van der Waals surface area contributed by atoms with Crippen molar-refractivity contribution >= 4 is 23.5 Å². The van der Waals surface area contributed by atoms with Gasteiger partial charge in [0.1, 0.15) is 5.82 Å². The molecule has 1 aliphatic carbocycles. The second-order valence-corrected chi connectivity index (χ2v) is 8.14. The van der Waals surface area contributed by atoms with E-state index in [1.54, 1.807) is 6.20 Å². The number of aromatic nitrogens is 2. The summed E-state index contributed by atoms with van der Waals surface area (Å²) in [4.78, 5) is 23.3. The van der Waals surface area contributed by atoms with E-state index in [4.69, 9.17) is 9.47 Å². The molecule has 9 heteroatoms. The summed E-state index contributed by atoms with van der Waals surface area (Å²) < 4.78 is 11.3. The quantitative estimate of drug-likeness (QED) is 0.675. The Kier molecular flexibility index (Phi) is 6.59. The van der Waals surface area contributed by atoms with Gasteiger partial charge >= 0.3 is 6.03 Å². The highest BCUT2D eigenvalue weighted by Gasteiger charge is 2.23. The number of rotatable bonds is 5. The summed E-state index contributed by atoms with van der Waals surface area (Å²) in [6, 6.07) is 7.60. The molecule has 2 aliphatic rings. The standard InChI is InChI=1S/C22H30N6O3/c1-28(2)20-10-11-23-21(27-20)24-15-4-6-16(7-5-15)25-22(29)26-17-8-9-18-19(14-17)31-13-3-12-30-18/h8-11,14-16H,3-7,12-13H2,1-2H3,(H,23,24,27)(H2,25,26,29). The third kappa shape index (κ3) is 5.68. The molecule has 1 aliphatic heterocycles. The van der Waals surface area contributed by atoms with Crippen LogP contribution >= 0.6 is 0 Å². The number of ether oxygens (including phenoxy) is 2. The first-order chi connectivity index (χ1) is 15.1. The summed E-state index contributed by atoms with van der Waals surface area (Å²) in [5, 5.41) is 9.40. The SMILES string of the molecule is CN(C)c1ccnc(NC2CCC(NC(=O)Nc3ccc4c(c3)OCCCO4)CC2)n1. The van der Waals surface area contributed by atoms with Crippen molar-refractivity contribution in [3.63, 3.8) is 0 Å². The molecule has 4 rings (SSSR count). The molecule has 1 fully saturated rings. The molecule has 0 unspecified atom stereocenters. The van der Waals surface area contributed by atoms with Crippen LogP contribution in [0.4, 0.5) is 22.2 Å². The molecule has 1 aromatic heterocycles. The average molecular weight is 427 g/mol. The Morgan fingerprint density at radius 2 is 1.77 bits per heavy atom. The second-order valence-electron chi connectivity index (χ2n) is 8.14. The number of hydrogen-bond donors (Lipinski definition) is 3. The molecule has 0 spiro atoms. The molecular weight excluding hydrogens is 396 g/mol. The lowest BCUT2D eigenvalue weighted by atomic mass is 9.91. The Labute approximate surface area is 182 Å². The fraction of sp³-hybridized carbons (Fsp3) is 0.500. The Balaban J connectivity index is 1.24. The number of anilines is 3. The van der Waals surface area contributed by atoms with Crippen molar-refractivity contribution in [1.82, 2.24) is 15.3 Å². The molecule has 3 N–H and O–H groups in total. The molecule has 166 valence electrons. The predicted molar refractivity (Wildman–Crippen MR) is 120 cm³/mol. The van der Waals surface area contributed by atoms with Crippen LogP contribution in [0.3, 0.4) is 0 Å². The minimum atomic E-state index is -0.201. The molecule has 0 radical (unpaired) electrons. The van der Waals surface area contributed by atoms with Crippen LogP contribution in [0.25, 0.3) is 0 Å². The Morgan fingerprint density at radius 1 is 1.03 bits per heavy atom. The van der Waals surface area contributed by atoms with Gasteiger partial charge < -0.3 is 30.3 Å². The minimum absolute atomic E-state index is 0.146. The number of fused-ring (bicyclic) bond motifs is 1. The third-order valence-electron chi connectivity index (χ3n) is 5.50. The van der Waals surface area contributed by atoms with Crippen LogP contribution in [0.1, 0.15) is 32.1 Å². The van der Waals surface area contributed by atoms with Crippen LogP contribution in [-0.4, -0.2) is 55.4 Å². The van der Waals surface area contributed by atoms with E-state index in [1.165, 1.54) is 0 Å². The zero-order valence-corrected chi connectivity index (χ0v) is 18.1. The summed E-state index contributed by atoms with van der Waals surface area (Å²) in [6.07, 6.45) is 6.32. The highest BCUT2D eigenvalue weighted by Crippen LogP contribution is 2.32. The lowest BCUT2D eigenvalue weighted by Gasteiger charge is -2.29. The highest BCUT2D eigenvalue weighted by molar-refractivity contribution is 5.89. The second kappa shape index (κ2) is 9.72. The topological polar surface area (TPSA) is 101 Å². The number of benzene rings is 1. The van der Waals surface area contributed by atoms with Crippen molar-refractivity contribution in [2.75, 3.05) is 42.8 Å².